The van der Waals surface area contributed by atoms with Crippen molar-refractivity contribution in [1.29, 1.82) is 5.26 Å². The predicted molar refractivity (Wildman–Crippen MR) is 96.8 cm³/mol. The predicted octanol–water partition coefficient (Wildman–Crippen LogP) is 2.99. The first-order valence-corrected chi connectivity index (χ1v) is 9.70. The lowest BCUT2D eigenvalue weighted by Crippen LogP contribution is -2.44. The molecule has 4 rings (SSSR count). The minimum Gasteiger partial charge on any atom is -0.326 e. The number of rotatable bonds is 4. The van der Waals surface area contributed by atoms with E-state index in [2.05, 4.69) is 41.7 Å². The fourth-order valence-electron chi connectivity index (χ4n) is 5.46. The number of amides is 1. The SMILES string of the molecule is N#C[C@@H]1CCCN1C(=O)CNC1CC2(c3ccccc3)CCCC1C2. The average molecular weight is 337 g/mol. The van der Waals surface area contributed by atoms with Gasteiger partial charge in [0, 0.05) is 12.6 Å². The van der Waals surface area contributed by atoms with Crippen LogP contribution in [0.5, 0.6) is 0 Å². The maximum Gasteiger partial charge on any atom is 0.237 e. The number of likely N-dealkylation sites (tertiary alicyclic amines) is 1. The Morgan fingerprint density at radius 2 is 2.08 bits per heavy atom. The molecule has 3 aliphatic rings. The van der Waals surface area contributed by atoms with Crippen molar-refractivity contribution in [2.75, 3.05) is 13.1 Å². The van der Waals surface area contributed by atoms with E-state index in [1.807, 2.05) is 0 Å². The quantitative estimate of drug-likeness (QED) is 0.919. The summed E-state index contributed by atoms with van der Waals surface area (Å²) in [6.07, 6.45) is 7.98. The van der Waals surface area contributed by atoms with Gasteiger partial charge in [0.05, 0.1) is 12.6 Å². The van der Waals surface area contributed by atoms with Crippen molar-refractivity contribution >= 4 is 5.91 Å². The third-order valence-corrected chi connectivity index (χ3v) is 6.69. The zero-order valence-corrected chi connectivity index (χ0v) is 14.8. The van der Waals surface area contributed by atoms with Gasteiger partial charge < -0.3 is 10.2 Å². The highest BCUT2D eigenvalue weighted by molar-refractivity contribution is 5.79. The minimum absolute atomic E-state index is 0.0965. The molecule has 1 aromatic carbocycles. The van der Waals surface area contributed by atoms with Gasteiger partial charge in [0.15, 0.2) is 0 Å². The molecule has 4 nitrogen and oxygen atoms in total. The topological polar surface area (TPSA) is 56.1 Å². The Bertz CT molecular complexity index is 667. The van der Waals surface area contributed by atoms with Crippen LogP contribution in [0.3, 0.4) is 0 Å². The fraction of sp³-hybridized carbons (Fsp3) is 0.619. The fourth-order valence-corrected chi connectivity index (χ4v) is 5.46. The van der Waals surface area contributed by atoms with Crippen molar-refractivity contribution in [3.63, 3.8) is 0 Å². The third kappa shape index (κ3) is 3.06. The van der Waals surface area contributed by atoms with Crippen molar-refractivity contribution in [2.24, 2.45) is 5.92 Å². The molecule has 0 radical (unpaired) electrons. The van der Waals surface area contributed by atoms with Crippen LogP contribution < -0.4 is 5.32 Å². The molecule has 0 aromatic heterocycles. The number of hydrogen-bond donors (Lipinski definition) is 1. The highest BCUT2D eigenvalue weighted by atomic mass is 16.2. The van der Waals surface area contributed by atoms with Gasteiger partial charge in [0.1, 0.15) is 6.04 Å². The van der Waals surface area contributed by atoms with Gasteiger partial charge >= 0.3 is 0 Å². The van der Waals surface area contributed by atoms with E-state index < -0.39 is 0 Å². The van der Waals surface area contributed by atoms with E-state index in [-0.39, 0.29) is 11.9 Å². The average Bonchev–Trinajstić information content (AvgIpc) is 3.23. The number of benzene rings is 1. The largest absolute Gasteiger partial charge is 0.326 e. The normalized spacial score (nSPS) is 34.0. The van der Waals surface area contributed by atoms with Gasteiger partial charge in [0.25, 0.3) is 0 Å². The second-order valence-electron chi connectivity index (χ2n) is 8.07. The van der Waals surface area contributed by atoms with Crippen molar-refractivity contribution in [3.05, 3.63) is 35.9 Å². The molecule has 1 aliphatic heterocycles. The van der Waals surface area contributed by atoms with Crippen molar-refractivity contribution < 1.29 is 4.79 Å². The Balaban J connectivity index is 1.41. The van der Waals surface area contributed by atoms with Gasteiger partial charge in [-0.2, -0.15) is 5.26 Å². The van der Waals surface area contributed by atoms with Crippen molar-refractivity contribution in [3.8, 4) is 6.07 Å². The van der Waals surface area contributed by atoms with Crippen molar-refractivity contribution in [1.82, 2.24) is 10.2 Å². The summed E-state index contributed by atoms with van der Waals surface area (Å²) in [5.74, 6) is 0.770. The molecule has 2 bridgehead atoms. The van der Waals surface area contributed by atoms with Crippen LogP contribution in [0.15, 0.2) is 30.3 Å². The molecule has 25 heavy (non-hydrogen) atoms. The second-order valence-corrected chi connectivity index (χ2v) is 8.07. The lowest BCUT2D eigenvalue weighted by atomic mass is 9.71. The molecule has 3 unspecified atom stereocenters. The van der Waals surface area contributed by atoms with Crippen LogP contribution >= 0.6 is 0 Å². The van der Waals surface area contributed by atoms with E-state index in [9.17, 15) is 10.1 Å². The Kier molecular flexibility index (Phi) is 4.52. The molecule has 4 atom stereocenters. The molecule has 0 spiro atoms. The van der Waals surface area contributed by atoms with E-state index in [1.54, 1.807) is 4.90 Å². The molecule has 2 saturated carbocycles. The van der Waals surface area contributed by atoms with E-state index in [4.69, 9.17) is 0 Å². The molecule has 2 aliphatic carbocycles. The lowest BCUT2D eigenvalue weighted by Gasteiger charge is -2.33. The number of nitrogens with zero attached hydrogens (tertiary/aromatic N) is 2. The number of nitriles is 1. The summed E-state index contributed by atoms with van der Waals surface area (Å²) in [6, 6.07) is 13.4. The summed E-state index contributed by atoms with van der Waals surface area (Å²) in [5, 5.41) is 12.8. The number of nitrogens with one attached hydrogen (secondary N) is 1. The second kappa shape index (κ2) is 6.80. The maximum atomic E-state index is 12.5. The maximum absolute atomic E-state index is 12.5. The molecular formula is C21H27N3O. The molecule has 1 saturated heterocycles. The van der Waals surface area contributed by atoms with Crippen LogP contribution in [-0.2, 0) is 10.2 Å². The summed E-state index contributed by atoms with van der Waals surface area (Å²) in [5.41, 5.74) is 1.77. The molecule has 3 fully saturated rings. The zero-order chi connectivity index (χ0) is 17.3. The van der Waals surface area contributed by atoms with E-state index in [0.717, 1.165) is 25.8 Å². The van der Waals surface area contributed by atoms with Gasteiger partial charge in [-0.15, -0.1) is 0 Å². The zero-order valence-electron chi connectivity index (χ0n) is 14.8. The summed E-state index contributed by atoms with van der Waals surface area (Å²) in [6.45, 7) is 1.12. The van der Waals surface area contributed by atoms with Crippen LogP contribution in [0.4, 0.5) is 0 Å². The van der Waals surface area contributed by atoms with E-state index in [0.29, 0.717) is 23.9 Å². The van der Waals surface area contributed by atoms with Crippen LogP contribution in [0.25, 0.3) is 0 Å². The van der Waals surface area contributed by atoms with Crippen LogP contribution in [0, 0.1) is 17.2 Å². The Labute approximate surface area is 150 Å². The summed E-state index contributed by atoms with van der Waals surface area (Å²) in [4.78, 5) is 14.3. The van der Waals surface area contributed by atoms with Gasteiger partial charge in [0.2, 0.25) is 5.91 Å². The number of fused-ring (bicyclic) bond motifs is 2. The molecule has 1 N–H and O–H groups in total. The standard InChI is InChI=1S/C21H27N3O/c22-14-18-9-5-11-24(18)20(25)15-23-19-13-21(10-4-6-16(19)12-21)17-7-2-1-3-8-17/h1-3,7-8,16,18-19,23H,4-6,9-13,15H2/t16?,18-,19?,21?/m0/s1. The molecule has 1 aromatic rings. The van der Waals surface area contributed by atoms with E-state index in [1.165, 1.54) is 31.2 Å². The summed E-state index contributed by atoms with van der Waals surface area (Å²) >= 11 is 0. The molecule has 4 heteroatoms. The highest BCUT2D eigenvalue weighted by Gasteiger charge is 2.48. The number of carbonyl (C=O) groups is 1. The van der Waals surface area contributed by atoms with Gasteiger partial charge in [-0.05, 0) is 55.4 Å². The van der Waals surface area contributed by atoms with Crippen LogP contribution in [-0.4, -0.2) is 36.0 Å². The Hall–Kier alpha value is -1.86. The third-order valence-electron chi connectivity index (χ3n) is 6.69. The number of carbonyl (C=O) groups excluding carboxylic acids is 1. The molecule has 1 heterocycles. The first-order chi connectivity index (χ1) is 12.2. The Morgan fingerprint density at radius 3 is 2.88 bits per heavy atom. The Morgan fingerprint density at radius 1 is 1.24 bits per heavy atom. The van der Waals surface area contributed by atoms with E-state index >= 15 is 0 Å². The minimum atomic E-state index is -0.215. The molecule has 1 amide bonds. The van der Waals surface area contributed by atoms with Gasteiger partial charge in [-0.3, -0.25) is 4.79 Å². The smallest absolute Gasteiger partial charge is 0.237 e. The lowest BCUT2D eigenvalue weighted by molar-refractivity contribution is -0.130. The number of hydrogen-bond acceptors (Lipinski definition) is 3. The van der Waals surface area contributed by atoms with Crippen LogP contribution in [0.2, 0.25) is 0 Å². The summed E-state index contributed by atoms with van der Waals surface area (Å²) < 4.78 is 0. The van der Waals surface area contributed by atoms with Gasteiger partial charge in [-0.25, -0.2) is 0 Å². The van der Waals surface area contributed by atoms with Gasteiger partial charge in [-0.1, -0.05) is 36.8 Å². The monoisotopic (exact) mass is 337 g/mol. The molecular weight excluding hydrogens is 310 g/mol. The van der Waals surface area contributed by atoms with Crippen LogP contribution in [0.1, 0.15) is 50.5 Å². The summed E-state index contributed by atoms with van der Waals surface area (Å²) in [7, 11) is 0. The highest BCUT2D eigenvalue weighted by Crippen LogP contribution is 2.52. The first kappa shape index (κ1) is 16.6. The molecule has 132 valence electrons. The van der Waals surface area contributed by atoms with Crippen molar-refractivity contribution in [2.45, 2.75) is 62.4 Å². The first-order valence-electron chi connectivity index (χ1n) is 9.70.